The van der Waals surface area contributed by atoms with Gasteiger partial charge in [-0.3, -0.25) is 0 Å². The molecule has 0 radical (unpaired) electrons. The van der Waals surface area contributed by atoms with Crippen molar-refractivity contribution < 1.29 is 17.6 Å². The first-order valence-corrected chi connectivity index (χ1v) is 3.60. The molecule has 12 heavy (non-hydrogen) atoms. The molecule has 0 bridgehead atoms. The zero-order valence-corrected chi connectivity index (χ0v) is 6.06. The Labute approximate surface area is 66.4 Å². The molecule has 0 spiro atoms. The van der Waals surface area contributed by atoms with E-state index >= 15 is 0 Å². The Morgan fingerprint density at radius 2 is 2.08 bits per heavy atom. The molecule has 0 saturated heterocycles. The van der Waals surface area contributed by atoms with Crippen LogP contribution in [0, 0.1) is 0 Å². The minimum atomic E-state index is -4.38. The molecule has 0 aromatic carbocycles. The van der Waals surface area contributed by atoms with Crippen molar-refractivity contribution in [3.05, 3.63) is 17.8 Å². The van der Waals surface area contributed by atoms with Gasteiger partial charge in [-0.1, -0.05) is 0 Å². The van der Waals surface area contributed by atoms with Gasteiger partial charge in [-0.25, -0.2) is 4.98 Å². The molecule has 0 aliphatic heterocycles. The Kier molecular flexibility index (Phi) is 1.43. The van der Waals surface area contributed by atoms with Crippen LogP contribution in [0.25, 0.3) is 0 Å². The molecule has 0 N–H and O–H groups in total. The number of alkyl halides is 3. The summed E-state index contributed by atoms with van der Waals surface area (Å²) in [5.41, 5.74) is -0.926. The summed E-state index contributed by atoms with van der Waals surface area (Å²) in [5, 5.41) is 0. The molecular formula is C7H6F3NO. The first-order valence-electron chi connectivity index (χ1n) is 3.60. The van der Waals surface area contributed by atoms with E-state index in [1.54, 1.807) is 0 Å². The van der Waals surface area contributed by atoms with Crippen molar-refractivity contribution in [1.29, 1.82) is 0 Å². The number of nitrogens with zero attached hydrogens (tertiary/aromatic N) is 1. The van der Waals surface area contributed by atoms with Gasteiger partial charge in [-0.2, -0.15) is 13.2 Å². The van der Waals surface area contributed by atoms with Gasteiger partial charge in [0, 0.05) is 5.92 Å². The van der Waals surface area contributed by atoms with Crippen LogP contribution in [0.2, 0.25) is 0 Å². The standard InChI is InChI=1S/C7H6F3NO/c8-7(9,10)5-3-12-6(11-5)4-1-2-4/h3-4H,1-2H2. The fraction of sp³-hybridized carbons (Fsp3) is 0.571. The molecule has 1 aromatic heterocycles. The molecule has 66 valence electrons. The molecule has 1 saturated carbocycles. The lowest BCUT2D eigenvalue weighted by Gasteiger charge is -1.97. The number of rotatable bonds is 1. The smallest absolute Gasteiger partial charge is 0.436 e. The van der Waals surface area contributed by atoms with Crippen LogP contribution in [0.15, 0.2) is 10.7 Å². The van der Waals surface area contributed by atoms with Crippen molar-refractivity contribution in [2.45, 2.75) is 24.9 Å². The zero-order valence-electron chi connectivity index (χ0n) is 6.06. The SMILES string of the molecule is FC(F)(F)c1coc(C2CC2)n1. The van der Waals surface area contributed by atoms with E-state index in [1.807, 2.05) is 0 Å². The van der Waals surface area contributed by atoms with E-state index in [4.69, 9.17) is 0 Å². The van der Waals surface area contributed by atoms with Gasteiger partial charge in [0.2, 0.25) is 0 Å². The van der Waals surface area contributed by atoms with Crippen molar-refractivity contribution in [1.82, 2.24) is 4.98 Å². The minimum absolute atomic E-state index is 0.126. The maximum Gasteiger partial charge on any atom is 0.436 e. The molecule has 2 nitrogen and oxygen atoms in total. The molecule has 1 aliphatic rings. The highest BCUT2D eigenvalue weighted by atomic mass is 19.4. The predicted molar refractivity (Wildman–Crippen MR) is 33.5 cm³/mol. The van der Waals surface area contributed by atoms with E-state index in [2.05, 4.69) is 9.40 Å². The van der Waals surface area contributed by atoms with E-state index in [0.717, 1.165) is 12.8 Å². The summed E-state index contributed by atoms with van der Waals surface area (Å²) in [6, 6.07) is 0. The second kappa shape index (κ2) is 2.24. The van der Waals surface area contributed by atoms with Gasteiger partial charge in [0.1, 0.15) is 6.26 Å². The molecule has 1 aromatic rings. The Morgan fingerprint density at radius 3 is 2.50 bits per heavy atom. The second-order valence-corrected chi connectivity index (χ2v) is 2.84. The fourth-order valence-corrected chi connectivity index (χ4v) is 0.936. The lowest BCUT2D eigenvalue weighted by Crippen LogP contribution is -2.05. The Hall–Kier alpha value is -1.00. The van der Waals surface area contributed by atoms with Gasteiger partial charge in [0.05, 0.1) is 0 Å². The minimum Gasteiger partial charge on any atom is -0.448 e. The van der Waals surface area contributed by atoms with E-state index in [9.17, 15) is 13.2 Å². The number of hydrogen-bond acceptors (Lipinski definition) is 2. The number of halogens is 3. The quantitative estimate of drug-likeness (QED) is 0.658. The first-order chi connectivity index (χ1) is 5.57. The third kappa shape index (κ3) is 1.31. The Morgan fingerprint density at radius 1 is 1.42 bits per heavy atom. The molecule has 2 rings (SSSR count). The normalized spacial score (nSPS) is 18.2. The molecule has 1 heterocycles. The van der Waals surface area contributed by atoms with E-state index in [1.165, 1.54) is 0 Å². The summed E-state index contributed by atoms with van der Waals surface area (Å²) in [7, 11) is 0. The first kappa shape index (κ1) is 7.64. The van der Waals surface area contributed by atoms with E-state index in [-0.39, 0.29) is 11.8 Å². The number of hydrogen-bond donors (Lipinski definition) is 0. The Bertz CT molecular complexity index is 287. The van der Waals surface area contributed by atoms with E-state index in [0.29, 0.717) is 6.26 Å². The molecule has 0 atom stereocenters. The zero-order chi connectivity index (χ0) is 8.77. The fourth-order valence-electron chi connectivity index (χ4n) is 0.936. The molecule has 1 fully saturated rings. The summed E-state index contributed by atoms with van der Waals surface area (Å²) >= 11 is 0. The van der Waals surface area contributed by atoms with Gasteiger partial charge in [0.15, 0.2) is 11.6 Å². The summed E-state index contributed by atoms with van der Waals surface area (Å²) in [5.74, 6) is 0.350. The van der Waals surface area contributed by atoms with Crippen molar-refractivity contribution in [3.8, 4) is 0 Å². The van der Waals surface area contributed by atoms with Crippen LogP contribution in [0.3, 0.4) is 0 Å². The van der Waals surface area contributed by atoms with Gasteiger partial charge >= 0.3 is 6.18 Å². The highest BCUT2D eigenvalue weighted by Crippen LogP contribution is 2.40. The molecule has 5 heteroatoms. The van der Waals surface area contributed by atoms with E-state index < -0.39 is 11.9 Å². The van der Waals surface area contributed by atoms with Crippen molar-refractivity contribution in [2.24, 2.45) is 0 Å². The highest BCUT2D eigenvalue weighted by Gasteiger charge is 2.37. The number of aromatic nitrogens is 1. The summed E-state index contributed by atoms with van der Waals surface area (Å²) in [4.78, 5) is 3.35. The maximum atomic E-state index is 12.0. The average Bonchev–Trinajstić information content (AvgIpc) is 2.66. The molecular weight excluding hydrogens is 171 g/mol. The van der Waals surface area contributed by atoms with Crippen LogP contribution in [0.4, 0.5) is 13.2 Å². The predicted octanol–water partition coefficient (Wildman–Crippen LogP) is 2.57. The Balaban J connectivity index is 2.23. The summed E-state index contributed by atoms with van der Waals surface area (Å²) in [6.07, 6.45) is -1.93. The third-order valence-electron chi connectivity index (χ3n) is 1.74. The van der Waals surface area contributed by atoms with Gasteiger partial charge in [-0.05, 0) is 12.8 Å². The van der Waals surface area contributed by atoms with Crippen LogP contribution in [-0.4, -0.2) is 4.98 Å². The van der Waals surface area contributed by atoms with Crippen LogP contribution in [0.1, 0.15) is 30.3 Å². The third-order valence-corrected chi connectivity index (χ3v) is 1.74. The van der Waals surface area contributed by atoms with Gasteiger partial charge in [0.25, 0.3) is 0 Å². The van der Waals surface area contributed by atoms with Crippen LogP contribution in [-0.2, 0) is 6.18 Å². The number of oxazole rings is 1. The average molecular weight is 177 g/mol. The molecule has 0 unspecified atom stereocenters. The summed E-state index contributed by atoms with van der Waals surface area (Å²) in [6.45, 7) is 0. The molecule has 1 aliphatic carbocycles. The lowest BCUT2D eigenvalue weighted by atomic mass is 10.4. The van der Waals surface area contributed by atoms with Gasteiger partial charge in [-0.15, -0.1) is 0 Å². The maximum absolute atomic E-state index is 12.0. The van der Waals surface area contributed by atoms with Crippen LogP contribution < -0.4 is 0 Å². The van der Waals surface area contributed by atoms with Crippen LogP contribution >= 0.6 is 0 Å². The lowest BCUT2D eigenvalue weighted by molar-refractivity contribution is -0.141. The van der Waals surface area contributed by atoms with Crippen molar-refractivity contribution in [2.75, 3.05) is 0 Å². The van der Waals surface area contributed by atoms with Crippen molar-refractivity contribution in [3.63, 3.8) is 0 Å². The monoisotopic (exact) mass is 177 g/mol. The van der Waals surface area contributed by atoms with Crippen molar-refractivity contribution >= 4 is 0 Å². The largest absolute Gasteiger partial charge is 0.448 e. The van der Waals surface area contributed by atoms with Gasteiger partial charge < -0.3 is 4.42 Å². The molecule has 0 amide bonds. The summed E-state index contributed by atoms with van der Waals surface area (Å²) < 4.78 is 40.6. The second-order valence-electron chi connectivity index (χ2n) is 2.84. The highest BCUT2D eigenvalue weighted by molar-refractivity contribution is 5.08. The topological polar surface area (TPSA) is 26.0 Å². The van der Waals surface area contributed by atoms with Crippen LogP contribution in [0.5, 0.6) is 0 Å².